The molecule has 0 aliphatic heterocycles. The van der Waals surface area contributed by atoms with E-state index in [1.165, 1.54) is 0 Å². The molecule has 0 aromatic carbocycles. The minimum atomic E-state index is -0.114. The molecule has 1 atom stereocenters. The number of hydrogen-bond acceptors (Lipinski definition) is 4. The van der Waals surface area contributed by atoms with Crippen molar-refractivity contribution in [1.29, 1.82) is 5.41 Å². The Morgan fingerprint density at radius 3 is 2.53 bits per heavy atom. The maximum atomic E-state index is 8.24. The van der Waals surface area contributed by atoms with Crippen LogP contribution in [-0.2, 0) is 4.74 Å². The summed E-state index contributed by atoms with van der Waals surface area (Å²) in [6.07, 6.45) is 0. The first-order valence-corrected chi connectivity index (χ1v) is 6.35. The quantitative estimate of drug-likeness (QED) is 0.605. The lowest BCUT2D eigenvalue weighted by molar-refractivity contribution is 0.166. The van der Waals surface area contributed by atoms with E-state index >= 15 is 0 Å². The van der Waals surface area contributed by atoms with Crippen LogP contribution in [0.5, 0.6) is 0 Å². The molecule has 0 aliphatic rings. The van der Waals surface area contributed by atoms with Crippen molar-refractivity contribution in [1.82, 2.24) is 10.2 Å². The van der Waals surface area contributed by atoms with E-state index < -0.39 is 0 Å². The highest BCUT2D eigenvalue weighted by Gasteiger charge is 2.30. The van der Waals surface area contributed by atoms with Crippen molar-refractivity contribution in [3.05, 3.63) is 0 Å². The third-order valence-electron chi connectivity index (χ3n) is 3.48. The van der Waals surface area contributed by atoms with Crippen LogP contribution in [0.2, 0.25) is 0 Å². The largest absolute Gasteiger partial charge is 0.383 e. The summed E-state index contributed by atoms with van der Waals surface area (Å²) < 4.78 is 5.04. The summed E-state index contributed by atoms with van der Waals surface area (Å²) in [5.74, 6) is 0. The molecule has 0 aromatic heterocycles. The van der Waals surface area contributed by atoms with Crippen molar-refractivity contribution in [2.24, 2.45) is 5.41 Å². The zero-order chi connectivity index (χ0) is 13.5. The van der Waals surface area contributed by atoms with Gasteiger partial charge in [0.2, 0.25) is 0 Å². The molecule has 1 unspecified atom stereocenters. The van der Waals surface area contributed by atoms with Gasteiger partial charge in [0.25, 0.3) is 0 Å². The highest BCUT2D eigenvalue weighted by Crippen LogP contribution is 2.22. The first kappa shape index (κ1) is 16.6. The predicted octanol–water partition coefficient (Wildman–Crippen LogP) is 1.61. The molecule has 0 radical (unpaired) electrons. The van der Waals surface area contributed by atoms with Gasteiger partial charge in [0.05, 0.1) is 6.61 Å². The number of nitrogens with one attached hydrogen (secondary N) is 2. The van der Waals surface area contributed by atoms with Crippen LogP contribution in [-0.4, -0.2) is 57.1 Å². The summed E-state index contributed by atoms with van der Waals surface area (Å²) in [6, 6.07) is 0.316. The third kappa shape index (κ3) is 5.61. The topological polar surface area (TPSA) is 48.4 Å². The Morgan fingerprint density at radius 2 is 2.06 bits per heavy atom. The first-order chi connectivity index (χ1) is 7.86. The van der Waals surface area contributed by atoms with E-state index in [4.69, 9.17) is 10.1 Å². The van der Waals surface area contributed by atoms with Gasteiger partial charge in [-0.3, -0.25) is 4.90 Å². The van der Waals surface area contributed by atoms with Gasteiger partial charge in [-0.1, -0.05) is 20.8 Å². The molecule has 0 aliphatic carbocycles. The number of nitrogens with zero attached hydrogens (tertiary/aromatic N) is 1. The fourth-order valence-corrected chi connectivity index (χ4v) is 1.62. The molecule has 0 saturated carbocycles. The van der Waals surface area contributed by atoms with Crippen molar-refractivity contribution in [2.75, 3.05) is 40.4 Å². The fourth-order valence-electron chi connectivity index (χ4n) is 1.62. The Balaban J connectivity index is 4.27. The van der Waals surface area contributed by atoms with Crippen LogP contribution in [0, 0.1) is 10.8 Å². The van der Waals surface area contributed by atoms with E-state index in [1.807, 2.05) is 7.05 Å². The van der Waals surface area contributed by atoms with Crippen molar-refractivity contribution in [3.63, 3.8) is 0 Å². The lowest BCUT2D eigenvalue weighted by Gasteiger charge is -2.34. The van der Waals surface area contributed by atoms with Gasteiger partial charge < -0.3 is 15.5 Å². The van der Waals surface area contributed by atoms with Crippen LogP contribution < -0.4 is 5.32 Å². The second-order valence-corrected chi connectivity index (χ2v) is 5.21. The second-order valence-electron chi connectivity index (χ2n) is 5.21. The lowest BCUT2D eigenvalue weighted by Crippen LogP contribution is -2.47. The predicted molar refractivity (Wildman–Crippen MR) is 74.0 cm³/mol. The van der Waals surface area contributed by atoms with E-state index in [0.717, 1.165) is 18.8 Å². The maximum Gasteiger partial charge on any atom is 0.0589 e. The molecule has 0 amide bonds. The molecule has 0 saturated heterocycles. The number of methoxy groups -OCH3 is 1. The van der Waals surface area contributed by atoms with Gasteiger partial charge in [-0.2, -0.15) is 0 Å². The van der Waals surface area contributed by atoms with Crippen LogP contribution in [0.1, 0.15) is 27.7 Å². The van der Waals surface area contributed by atoms with E-state index in [0.29, 0.717) is 19.2 Å². The normalized spacial score (nSPS) is 14.1. The molecule has 0 bridgehead atoms. The van der Waals surface area contributed by atoms with Gasteiger partial charge in [-0.15, -0.1) is 0 Å². The molecule has 0 fully saturated rings. The maximum absolute atomic E-state index is 8.24. The average molecular weight is 243 g/mol. The summed E-state index contributed by atoms with van der Waals surface area (Å²) in [7, 11) is 3.73. The molecule has 2 N–H and O–H groups in total. The molecule has 0 spiro atoms. The van der Waals surface area contributed by atoms with Gasteiger partial charge in [0.1, 0.15) is 0 Å². The molecule has 0 rings (SSSR count). The Kier molecular flexibility index (Phi) is 7.59. The van der Waals surface area contributed by atoms with Crippen molar-refractivity contribution in [2.45, 2.75) is 33.7 Å². The summed E-state index contributed by atoms with van der Waals surface area (Å²) in [5.41, 5.74) is 0.654. The highest BCUT2D eigenvalue weighted by atomic mass is 16.5. The monoisotopic (exact) mass is 243 g/mol. The molecular formula is C13H29N3O. The van der Waals surface area contributed by atoms with Crippen molar-refractivity contribution >= 4 is 5.71 Å². The van der Waals surface area contributed by atoms with Crippen molar-refractivity contribution in [3.8, 4) is 0 Å². The Morgan fingerprint density at radius 1 is 1.47 bits per heavy atom. The smallest absolute Gasteiger partial charge is 0.0589 e. The molecule has 17 heavy (non-hydrogen) atoms. The van der Waals surface area contributed by atoms with Gasteiger partial charge >= 0.3 is 0 Å². The first-order valence-electron chi connectivity index (χ1n) is 6.35. The summed E-state index contributed by atoms with van der Waals surface area (Å²) in [5, 5.41) is 11.6. The van der Waals surface area contributed by atoms with Gasteiger partial charge in [-0.05, 0) is 20.5 Å². The van der Waals surface area contributed by atoms with Crippen LogP contribution in [0.25, 0.3) is 0 Å². The SMILES string of the molecule is CCNC(C)C(C)(C)C(=N)CN(C)CCOC. The van der Waals surface area contributed by atoms with Gasteiger partial charge in [0, 0.05) is 37.4 Å². The number of likely N-dealkylation sites (N-methyl/N-ethyl adjacent to an activating group) is 1. The standard InChI is InChI=1S/C13H29N3O/c1-7-15-11(2)13(3,4)12(14)10-16(5)8-9-17-6/h11,14-15H,7-10H2,1-6H3. The average Bonchev–Trinajstić information content (AvgIpc) is 2.26. The highest BCUT2D eigenvalue weighted by molar-refractivity contribution is 5.89. The molecule has 4 nitrogen and oxygen atoms in total. The van der Waals surface area contributed by atoms with Crippen LogP contribution in [0.15, 0.2) is 0 Å². The van der Waals surface area contributed by atoms with Crippen LogP contribution in [0.4, 0.5) is 0 Å². The fraction of sp³-hybridized carbons (Fsp3) is 0.923. The summed E-state index contributed by atoms with van der Waals surface area (Å²) in [6.45, 7) is 11.7. The number of hydrogen-bond donors (Lipinski definition) is 2. The van der Waals surface area contributed by atoms with E-state index in [9.17, 15) is 0 Å². The molecule has 0 heterocycles. The Bertz CT molecular complexity index is 229. The Hall–Kier alpha value is -0.450. The van der Waals surface area contributed by atoms with Gasteiger partial charge in [0.15, 0.2) is 0 Å². The molecular weight excluding hydrogens is 214 g/mol. The number of ether oxygens (including phenoxy) is 1. The molecule has 102 valence electrons. The summed E-state index contributed by atoms with van der Waals surface area (Å²) in [4.78, 5) is 2.13. The van der Waals surface area contributed by atoms with E-state index in [1.54, 1.807) is 7.11 Å². The zero-order valence-electron chi connectivity index (χ0n) is 12.3. The van der Waals surface area contributed by atoms with Crippen LogP contribution in [0.3, 0.4) is 0 Å². The molecule has 0 aromatic rings. The minimum absolute atomic E-state index is 0.114. The second kappa shape index (κ2) is 7.80. The third-order valence-corrected chi connectivity index (χ3v) is 3.48. The van der Waals surface area contributed by atoms with Crippen LogP contribution >= 0.6 is 0 Å². The van der Waals surface area contributed by atoms with Crippen molar-refractivity contribution < 1.29 is 4.74 Å². The molecule has 4 heteroatoms. The zero-order valence-corrected chi connectivity index (χ0v) is 12.3. The van der Waals surface area contributed by atoms with E-state index in [-0.39, 0.29) is 5.41 Å². The van der Waals surface area contributed by atoms with E-state index in [2.05, 4.69) is 37.9 Å². The Labute approximate surface area is 106 Å². The van der Waals surface area contributed by atoms with Gasteiger partial charge in [-0.25, -0.2) is 0 Å². The lowest BCUT2D eigenvalue weighted by atomic mass is 9.80. The summed E-state index contributed by atoms with van der Waals surface area (Å²) >= 11 is 0. The number of rotatable bonds is 9. The minimum Gasteiger partial charge on any atom is -0.383 e.